The molecule has 5 aromatic rings. The summed E-state index contributed by atoms with van der Waals surface area (Å²) >= 11 is 0. The molecule has 0 aromatic heterocycles. The lowest BCUT2D eigenvalue weighted by Gasteiger charge is -2.24. The molecule has 1 heteroatoms. The van der Waals surface area contributed by atoms with Crippen molar-refractivity contribution in [3.8, 4) is 11.1 Å². The molecule has 134 valence electrons. The van der Waals surface area contributed by atoms with Crippen LogP contribution in [0.2, 0.25) is 0 Å². The van der Waals surface area contributed by atoms with E-state index in [4.69, 9.17) is 0 Å². The lowest BCUT2D eigenvalue weighted by atomic mass is 9.98. The Morgan fingerprint density at radius 3 is 1.86 bits per heavy atom. The number of benzene rings is 5. The Hall–Kier alpha value is -3.58. The fraction of sp³-hybridized carbons (Fsp3) is 0.0370. The second kappa shape index (κ2) is 6.86. The lowest BCUT2D eigenvalue weighted by Crippen LogP contribution is -2.10. The lowest BCUT2D eigenvalue weighted by molar-refractivity contribution is 1.23. The van der Waals surface area contributed by atoms with Gasteiger partial charge in [0.15, 0.2) is 0 Å². The van der Waals surface area contributed by atoms with Crippen LogP contribution >= 0.6 is 0 Å². The first kappa shape index (κ1) is 16.6. The maximum absolute atomic E-state index is 2.32. The molecule has 5 rings (SSSR count). The zero-order valence-electron chi connectivity index (χ0n) is 15.8. The van der Waals surface area contributed by atoms with Crippen molar-refractivity contribution in [3.05, 3.63) is 109 Å². The highest BCUT2D eigenvalue weighted by molar-refractivity contribution is 6.03. The molecule has 0 saturated carbocycles. The van der Waals surface area contributed by atoms with Gasteiger partial charge < -0.3 is 4.90 Å². The van der Waals surface area contributed by atoms with Crippen molar-refractivity contribution in [2.75, 3.05) is 11.9 Å². The zero-order chi connectivity index (χ0) is 18.9. The molecule has 5 aromatic carbocycles. The molecule has 28 heavy (non-hydrogen) atoms. The molecule has 0 aliphatic heterocycles. The van der Waals surface area contributed by atoms with E-state index in [0.717, 1.165) is 0 Å². The Labute approximate surface area is 165 Å². The maximum atomic E-state index is 2.32. The van der Waals surface area contributed by atoms with Gasteiger partial charge in [0.05, 0.1) is 0 Å². The molecular formula is C27H21N. The third-order valence-electron chi connectivity index (χ3n) is 5.44. The molecule has 0 saturated heterocycles. The van der Waals surface area contributed by atoms with Crippen molar-refractivity contribution >= 4 is 32.9 Å². The first-order valence-corrected chi connectivity index (χ1v) is 9.61. The zero-order valence-corrected chi connectivity index (χ0v) is 15.8. The van der Waals surface area contributed by atoms with Crippen molar-refractivity contribution in [2.24, 2.45) is 0 Å². The van der Waals surface area contributed by atoms with Crippen LogP contribution in [0.3, 0.4) is 0 Å². The summed E-state index contributed by atoms with van der Waals surface area (Å²) in [7, 11) is 2.16. The average Bonchev–Trinajstić information content (AvgIpc) is 2.78. The summed E-state index contributed by atoms with van der Waals surface area (Å²) in [6.45, 7) is 0. The SMILES string of the molecule is CN(c1cccc2ccccc12)c1cc(-c2ccccc2)cc2ccccc12. The summed E-state index contributed by atoms with van der Waals surface area (Å²) < 4.78 is 0. The smallest absolute Gasteiger partial charge is 0.0494 e. The molecule has 0 atom stereocenters. The van der Waals surface area contributed by atoms with Gasteiger partial charge in [-0.2, -0.15) is 0 Å². The number of hydrogen-bond acceptors (Lipinski definition) is 1. The van der Waals surface area contributed by atoms with Crippen LogP contribution in [-0.4, -0.2) is 7.05 Å². The van der Waals surface area contributed by atoms with Crippen molar-refractivity contribution in [1.82, 2.24) is 0 Å². The molecular weight excluding hydrogens is 338 g/mol. The van der Waals surface area contributed by atoms with Gasteiger partial charge in [-0.05, 0) is 40.1 Å². The third-order valence-corrected chi connectivity index (χ3v) is 5.44. The van der Waals surface area contributed by atoms with E-state index in [9.17, 15) is 0 Å². The number of rotatable bonds is 3. The third kappa shape index (κ3) is 2.82. The first-order chi connectivity index (χ1) is 13.8. The Morgan fingerprint density at radius 2 is 1.07 bits per heavy atom. The normalized spacial score (nSPS) is 11.0. The highest BCUT2D eigenvalue weighted by Gasteiger charge is 2.13. The molecule has 0 fully saturated rings. The maximum Gasteiger partial charge on any atom is 0.0494 e. The minimum absolute atomic E-state index is 1.22. The van der Waals surface area contributed by atoms with Crippen LogP contribution in [-0.2, 0) is 0 Å². The molecule has 0 heterocycles. The van der Waals surface area contributed by atoms with Crippen molar-refractivity contribution in [2.45, 2.75) is 0 Å². The molecule has 0 bridgehead atoms. The van der Waals surface area contributed by atoms with Crippen LogP contribution in [0, 0.1) is 0 Å². The topological polar surface area (TPSA) is 3.24 Å². The van der Waals surface area contributed by atoms with Gasteiger partial charge in [-0.25, -0.2) is 0 Å². The summed E-state index contributed by atoms with van der Waals surface area (Å²) in [5.41, 5.74) is 4.91. The largest absolute Gasteiger partial charge is 0.344 e. The van der Waals surface area contributed by atoms with Crippen LogP contribution in [0.4, 0.5) is 11.4 Å². The second-order valence-electron chi connectivity index (χ2n) is 7.14. The van der Waals surface area contributed by atoms with Gasteiger partial charge in [0.1, 0.15) is 0 Å². The number of hydrogen-bond donors (Lipinski definition) is 0. The van der Waals surface area contributed by atoms with Gasteiger partial charge in [0.2, 0.25) is 0 Å². The number of fused-ring (bicyclic) bond motifs is 2. The second-order valence-corrected chi connectivity index (χ2v) is 7.14. The van der Waals surface area contributed by atoms with Crippen molar-refractivity contribution in [1.29, 1.82) is 0 Å². The van der Waals surface area contributed by atoms with E-state index < -0.39 is 0 Å². The highest BCUT2D eigenvalue weighted by Crippen LogP contribution is 2.38. The fourth-order valence-electron chi connectivity index (χ4n) is 4.00. The van der Waals surface area contributed by atoms with Gasteiger partial charge in [-0.15, -0.1) is 0 Å². The van der Waals surface area contributed by atoms with E-state index in [1.54, 1.807) is 0 Å². The average molecular weight is 359 g/mol. The van der Waals surface area contributed by atoms with E-state index >= 15 is 0 Å². The molecule has 1 nitrogen and oxygen atoms in total. The van der Waals surface area contributed by atoms with Crippen LogP contribution in [0.5, 0.6) is 0 Å². The summed E-state index contributed by atoms with van der Waals surface area (Å²) in [5, 5.41) is 5.04. The molecule has 0 N–H and O–H groups in total. The Bertz CT molecular complexity index is 1270. The van der Waals surface area contributed by atoms with E-state index in [-0.39, 0.29) is 0 Å². The minimum atomic E-state index is 1.22. The van der Waals surface area contributed by atoms with E-state index in [0.29, 0.717) is 0 Å². The van der Waals surface area contributed by atoms with Gasteiger partial charge in [0, 0.05) is 29.2 Å². The molecule has 0 aliphatic carbocycles. The quantitative estimate of drug-likeness (QED) is 0.324. The predicted molar refractivity (Wildman–Crippen MR) is 121 cm³/mol. The van der Waals surface area contributed by atoms with E-state index in [2.05, 4.69) is 121 Å². The molecule has 0 spiro atoms. The monoisotopic (exact) mass is 359 g/mol. The minimum Gasteiger partial charge on any atom is -0.344 e. The first-order valence-electron chi connectivity index (χ1n) is 9.61. The van der Waals surface area contributed by atoms with Crippen LogP contribution in [0.15, 0.2) is 109 Å². The number of nitrogens with zero attached hydrogens (tertiary/aromatic N) is 1. The Morgan fingerprint density at radius 1 is 0.464 bits per heavy atom. The Balaban J connectivity index is 1.75. The summed E-state index contributed by atoms with van der Waals surface area (Å²) in [4.78, 5) is 2.32. The van der Waals surface area contributed by atoms with E-state index in [1.165, 1.54) is 44.0 Å². The van der Waals surface area contributed by atoms with Crippen LogP contribution in [0.25, 0.3) is 32.7 Å². The highest BCUT2D eigenvalue weighted by atomic mass is 15.1. The standard InChI is InChI=1S/C27H21N/c1-28(26-17-9-14-21-12-5-7-15-24(21)26)27-19-23(20-10-3-2-4-11-20)18-22-13-6-8-16-25(22)27/h2-19H,1H3. The van der Waals surface area contributed by atoms with Crippen molar-refractivity contribution < 1.29 is 0 Å². The molecule has 0 aliphatic rings. The van der Waals surface area contributed by atoms with Gasteiger partial charge >= 0.3 is 0 Å². The molecule has 0 unspecified atom stereocenters. The molecule has 0 amide bonds. The number of anilines is 2. The summed E-state index contributed by atoms with van der Waals surface area (Å²) in [6, 6.07) is 38.9. The fourth-order valence-corrected chi connectivity index (χ4v) is 4.00. The summed E-state index contributed by atoms with van der Waals surface area (Å²) in [5.74, 6) is 0. The van der Waals surface area contributed by atoms with Crippen LogP contribution in [0.1, 0.15) is 0 Å². The Kier molecular flexibility index (Phi) is 4.06. The molecule has 0 radical (unpaired) electrons. The van der Waals surface area contributed by atoms with Gasteiger partial charge in [0.25, 0.3) is 0 Å². The van der Waals surface area contributed by atoms with Gasteiger partial charge in [-0.3, -0.25) is 0 Å². The van der Waals surface area contributed by atoms with Gasteiger partial charge in [-0.1, -0.05) is 91.0 Å². The predicted octanol–water partition coefficient (Wildman–Crippen LogP) is 7.43. The summed E-state index contributed by atoms with van der Waals surface area (Å²) in [6.07, 6.45) is 0. The van der Waals surface area contributed by atoms with E-state index in [1.807, 2.05) is 0 Å². The van der Waals surface area contributed by atoms with Crippen LogP contribution < -0.4 is 4.90 Å². The van der Waals surface area contributed by atoms with Crippen molar-refractivity contribution in [3.63, 3.8) is 0 Å².